The van der Waals surface area contributed by atoms with E-state index in [0.717, 1.165) is 23.4 Å². The number of hydrogen-bond donors (Lipinski definition) is 3. The molecule has 0 atom stereocenters. The van der Waals surface area contributed by atoms with Crippen LogP contribution >= 0.6 is 11.3 Å². The summed E-state index contributed by atoms with van der Waals surface area (Å²) in [7, 11) is 0. The first-order valence-electron chi connectivity index (χ1n) is 8.79. The highest BCUT2D eigenvalue weighted by Gasteiger charge is 2.28. The lowest BCUT2D eigenvalue weighted by molar-refractivity contribution is 0.0727. The molecular weight excluding hydrogens is 364 g/mol. The van der Waals surface area contributed by atoms with Gasteiger partial charge in [-0.2, -0.15) is 5.10 Å². The SMILES string of the molecule is Cc1ncsc1CCNC(=O)c1n[nH]c2c1CCN(C(=O)c1ccc[nH]1)C2. The summed E-state index contributed by atoms with van der Waals surface area (Å²) in [6.07, 6.45) is 3.09. The number of carbonyl (C=O) groups is 2. The topological polar surface area (TPSA) is 107 Å². The molecule has 0 fully saturated rings. The van der Waals surface area contributed by atoms with Crippen LogP contribution in [0.4, 0.5) is 0 Å². The lowest BCUT2D eigenvalue weighted by Crippen LogP contribution is -2.36. The molecule has 0 bridgehead atoms. The fraction of sp³-hybridized carbons (Fsp3) is 0.333. The molecule has 8 nitrogen and oxygen atoms in total. The van der Waals surface area contributed by atoms with Gasteiger partial charge >= 0.3 is 0 Å². The molecule has 9 heteroatoms. The van der Waals surface area contributed by atoms with Crippen LogP contribution in [-0.4, -0.2) is 50.0 Å². The molecule has 3 aromatic heterocycles. The van der Waals surface area contributed by atoms with Crippen molar-refractivity contribution in [1.29, 1.82) is 0 Å². The molecular formula is C18H20N6O2S. The minimum atomic E-state index is -0.182. The van der Waals surface area contributed by atoms with E-state index in [1.165, 1.54) is 4.88 Å². The zero-order chi connectivity index (χ0) is 18.8. The predicted octanol–water partition coefficient (Wildman–Crippen LogP) is 1.67. The van der Waals surface area contributed by atoms with Crippen LogP contribution in [0.1, 0.15) is 42.8 Å². The summed E-state index contributed by atoms with van der Waals surface area (Å²) in [6, 6.07) is 3.56. The Morgan fingerprint density at radius 2 is 2.30 bits per heavy atom. The summed E-state index contributed by atoms with van der Waals surface area (Å²) < 4.78 is 0. The van der Waals surface area contributed by atoms with Gasteiger partial charge in [0.25, 0.3) is 11.8 Å². The van der Waals surface area contributed by atoms with Gasteiger partial charge < -0.3 is 15.2 Å². The number of nitrogens with zero attached hydrogens (tertiary/aromatic N) is 3. The van der Waals surface area contributed by atoms with Crippen molar-refractivity contribution in [3.05, 3.63) is 57.1 Å². The van der Waals surface area contributed by atoms with Gasteiger partial charge in [0.15, 0.2) is 5.69 Å². The van der Waals surface area contributed by atoms with Gasteiger partial charge in [0, 0.05) is 36.1 Å². The first kappa shape index (κ1) is 17.5. The number of amides is 2. The molecule has 1 aliphatic rings. The summed E-state index contributed by atoms with van der Waals surface area (Å²) in [5.41, 5.74) is 5.55. The van der Waals surface area contributed by atoms with Crippen molar-refractivity contribution in [1.82, 2.24) is 30.4 Å². The van der Waals surface area contributed by atoms with E-state index in [-0.39, 0.29) is 11.8 Å². The Bertz CT molecular complexity index is 959. The smallest absolute Gasteiger partial charge is 0.272 e. The van der Waals surface area contributed by atoms with Gasteiger partial charge in [-0.3, -0.25) is 14.7 Å². The molecule has 0 saturated carbocycles. The van der Waals surface area contributed by atoms with Crippen molar-refractivity contribution >= 4 is 23.2 Å². The van der Waals surface area contributed by atoms with E-state index < -0.39 is 0 Å². The Morgan fingerprint density at radius 1 is 1.41 bits per heavy atom. The zero-order valence-electron chi connectivity index (χ0n) is 14.9. The number of aromatic amines is 2. The summed E-state index contributed by atoms with van der Waals surface area (Å²) in [5, 5.41) is 10.1. The third kappa shape index (κ3) is 3.50. The highest BCUT2D eigenvalue weighted by molar-refractivity contribution is 7.09. The van der Waals surface area contributed by atoms with E-state index in [2.05, 4.69) is 25.5 Å². The third-order valence-electron chi connectivity index (χ3n) is 4.75. The number of H-pyrrole nitrogens is 2. The van der Waals surface area contributed by atoms with Gasteiger partial charge in [0.1, 0.15) is 5.69 Å². The van der Waals surface area contributed by atoms with Crippen LogP contribution in [0, 0.1) is 6.92 Å². The van der Waals surface area contributed by atoms with Crippen LogP contribution in [0.5, 0.6) is 0 Å². The lowest BCUT2D eigenvalue weighted by Gasteiger charge is -2.26. The van der Waals surface area contributed by atoms with E-state index in [4.69, 9.17) is 0 Å². The van der Waals surface area contributed by atoms with Gasteiger partial charge in [-0.15, -0.1) is 11.3 Å². The Balaban J connectivity index is 1.38. The monoisotopic (exact) mass is 384 g/mol. The van der Waals surface area contributed by atoms with E-state index >= 15 is 0 Å². The normalized spacial score (nSPS) is 13.4. The highest BCUT2D eigenvalue weighted by Crippen LogP contribution is 2.21. The van der Waals surface area contributed by atoms with Crippen molar-refractivity contribution in [3.8, 4) is 0 Å². The number of hydrogen-bond acceptors (Lipinski definition) is 5. The molecule has 140 valence electrons. The number of fused-ring (bicyclic) bond motifs is 1. The van der Waals surface area contributed by atoms with Crippen LogP contribution in [-0.2, 0) is 19.4 Å². The van der Waals surface area contributed by atoms with Crippen molar-refractivity contribution in [2.75, 3.05) is 13.1 Å². The maximum Gasteiger partial charge on any atom is 0.272 e. The summed E-state index contributed by atoms with van der Waals surface area (Å²) in [4.78, 5) is 35.1. The number of aromatic nitrogens is 4. The van der Waals surface area contributed by atoms with Crippen LogP contribution < -0.4 is 5.32 Å². The van der Waals surface area contributed by atoms with Crippen LogP contribution in [0.2, 0.25) is 0 Å². The molecule has 1 aliphatic heterocycles. The second-order valence-corrected chi connectivity index (χ2v) is 7.40. The molecule has 0 radical (unpaired) electrons. The van der Waals surface area contributed by atoms with E-state index in [0.29, 0.717) is 37.4 Å². The number of rotatable bonds is 5. The molecule has 3 N–H and O–H groups in total. The maximum atomic E-state index is 12.5. The zero-order valence-corrected chi connectivity index (χ0v) is 15.7. The second-order valence-electron chi connectivity index (χ2n) is 6.46. The lowest BCUT2D eigenvalue weighted by atomic mass is 10.0. The molecule has 2 amide bonds. The largest absolute Gasteiger partial charge is 0.357 e. The highest BCUT2D eigenvalue weighted by atomic mass is 32.1. The molecule has 0 aliphatic carbocycles. The quantitative estimate of drug-likeness (QED) is 0.622. The predicted molar refractivity (Wildman–Crippen MR) is 101 cm³/mol. The van der Waals surface area contributed by atoms with Crippen molar-refractivity contribution < 1.29 is 9.59 Å². The molecule has 0 spiro atoms. The van der Waals surface area contributed by atoms with Gasteiger partial charge in [-0.25, -0.2) is 4.98 Å². The Morgan fingerprint density at radius 3 is 3.04 bits per heavy atom. The molecule has 27 heavy (non-hydrogen) atoms. The molecule has 0 unspecified atom stereocenters. The average Bonchev–Trinajstić information content (AvgIpc) is 3.42. The van der Waals surface area contributed by atoms with E-state index in [1.807, 2.05) is 12.4 Å². The van der Waals surface area contributed by atoms with Gasteiger partial charge in [0.2, 0.25) is 0 Å². The van der Waals surface area contributed by atoms with Crippen LogP contribution in [0.25, 0.3) is 0 Å². The minimum absolute atomic E-state index is 0.0498. The summed E-state index contributed by atoms with van der Waals surface area (Å²) in [5.74, 6) is -0.231. The molecule has 4 heterocycles. The Hall–Kier alpha value is -2.94. The average molecular weight is 384 g/mol. The number of nitrogens with one attached hydrogen (secondary N) is 3. The molecule has 4 rings (SSSR count). The standard InChI is InChI=1S/C18H20N6O2S/c1-11-15(27-10-21-11)4-7-20-17(25)16-12-5-8-24(9-14(12)22-23-16)18(26)13-3-2-6-19-13/h2-3,6,10,19H,4-5,7-9H2,1H3,(H,20,25)(H,22,23). The van der Waals surface area contributed by atoms with Gasteiger partial charge in [-0.1, -0.05) is 0 Å². The number of thiazole rings is 1. The maximum absolute atomic E-state index is 12.5. The van der Waals surface area contributed by atoms with Crippen molar-refractivity contribution in [2.45, 2.75) is 26.3 Å². The molecule has 0 saturated heterocycles. The number of carbonyl (C=O) groups excluding carboxylic acids is 2. The van der Waals surface area contributed by atoms with E-state index in [1.54, 1.807) is 34.6 Å². The summed E-state index contributed by atoms with van der Waals surface area (Å²) in [6.45, 7) is 3.50. The van der Waals surface area contributed by atoms with E-state index in [9.17, 15) is 9.59 Å². The van der Waals surface area contributed by atoms with Crippen molar-refractivity contribution in [2.24, 2.45) is 0 Å². The second kappa shape index (κ2) is 7.36. The Labute approximate surface area is 160 Å². The van der Waals surface area contributed by atoms with Gasteiger partial charge in [0.05, 0.1) is 23.4 Å². The fourth-order valence-electron chi connectivity index (χ4n) is 3.25. The summed E-state index contributed by atoms with van der Waals surface area (Å²) >= 11 is 1.60. The molecule has 3 aromatic rings. The Kier molecular flexibility index (Phi) is 4.76. The number of aryl methyl sites for hydroxylation is 1. The van der Waals surface area contributed by atoms with Crippen molar-refractivity contribution in [3.63, 3.8) is 0 Å². The van der Waals surface area contributed by atoms with Crippen LogP contribution in [0.15, 0.2) is 23.8 Å². The first-order valence-corrected chi connectivity index (χ1v) is 9.67. The fourth-order valence-corrected chi connectivity index (χ4v) is 4.03. The third-order valence-corrected chi connectivity index (χ3v) is 5.74. The van der Waals surface area contributed by atoms with Crippen LogP contribution in [0.3, 0.4) is 0 Å². The minimum Gasteiger partial charge on any atom is -0.357 e. The molecule has 0 aromatic carbocycles. The van der Waals surface area contributed by atoms with Gasteiger partial charge in [-0.05, 0) is 25.5 Å². The first-order chi connectivity index (χ1) is 13.1.